The number of ether oxygens (including phenoxy) is 1. The Morgan fingerprint density at radius 3 is 2.88 bits per heavy atom. The summed E-state index contributed by atoms with van der Waals surface area (Å²) < 4.78 is 5.46. The van der Waals surface area contributed by atoms with E-state index in [1.165, 1.54) is 11.3 Å². The van der Waals surface area contributed by atoms with Gasteiger partial charge in [0.2, 0.25) is 0 Å². The largest absolute Gasteiger partial charge is 0.465 e. The number of benzene rings is 1. The van der Waals surface area contributed by atoms with Crippen molar-refractivity contribution in [2.75, 3.05) is 18.9 Å². The molecule has 1 unspecified atom stereocenters. The highest BCUT2D eigenvalue weighted by Crippen LogP contribution is 2.36. The van der Waals surface area contributed by atoms with Crippen LogP contribution in [0.3, 0.4) is 0 Å². The molecule has 2 aromatic rings. The average molecular weight is 345 g/mol. The molecule has 1 atom stereocenters. The lowest BCUT2D eigenvalue weighted by Crippen LogP contribution is -2.52. The Bertz CT molecular complexity index is 689. The molecule has 0 saturated carbocycles. The molecule has 3 rings (SSSR count). The molecule has 5 nitrogen and oxygen atoms in total. The fourth-order valence-corrected chi connectivity index (χ4v) is 4.15. The Labute approximate surface area is 146 Å². The summed E-state index contributed by atoms with van der Waals surface area (Å²) in [5.74, 6) is -0.121. The molecule has 2 heterocycles. The van der Waals surface area contributed by atoms with Crippen LogP contribution in [0.25, 0.3) is 0 Å². The molecule has 1 aliphatic heterocycles. The normalized spacial score (nSPS) is 21.0. The molecule has 0 amide bonds. The lowest BCUT2D eigenvalue weighted by Gasteiger charge is -2.36. The van der Waals surface area contributed by atoms with E-state index in [1.54, 1.807) is 6.20 Å². The number of anilines is 1. The summed E-state index contributed by atoms with van der Waals surface area (Å²) in [5.41, 5.74) is 6.30. The number of nitrogens with zero attached hydrogens (tertiary/aromatic N) is 2. The van der Waals surface area contributed by atoms with Crippen LogP contribution in [0.1, 0.15) is 30.2 Å². The van der Waals surface area contributed by atoms with Crippen LogP contribution in [-0.2, 0) is 22.5 Å². The zero-order valence-corrected chi connectivity index (χ0v) is 14.7. The predicted molar refractivity (Wildman–Crippen MR) is 95.7 cm³/mol. The van der Waals surface area contributed by atoms with Crippen molar-refractivity contribution in [3.8, 4) is 0 Å². The lowest BCUT2D eigenvalue weighted by molar-refractivity contribution is -0.156. The van der Waals surface area contributed by atoms with Gasteiger partial charge in [0, 0.05) is 24.0 Å². The molecule has 0 aliphatic carbocycles. The summed E-state index contributed by atoms with van der Waals surface area (Å²) in [6.07, 6.45) is 4.27. The number of likely N-dealkylation sites (tertiary alicyclic amines) is 1. The van der Waals surface area contributed by atoms with Crippen molar-refractivity contribution in [3.63, 3.8) is 0 Å². The van der Waals surface area contributed by atoms with Crippen LogP contribution in [0.5, 0.6) is 0 Å². The van der Waals surface area contributed by atoms with Gasteiger partial charge in [0.25, 0.3) is 0 Å². The molecular formula is C18H23N3O2S. The van der Waals surface area contributed by atoms with E-state index < -0.39 is 5.54 Å². The van der Waals surface area contributed by atoms with Gasteiger partial charge in [-0.05, 0) is 31.9 Å². The molecule has 6 heteroatoms. The third-order valence-electron chi connectivity index (χ3n) is 4.54. The van der Waals surface area contributed by atoms with E-state index in [1.807, 2.05) is 25.1 Å². The van der Waals surface area contributed by atoms with Gasteiger partial charge in [0.15, 0.2) is 5.13 Å². The van der Waals surface area contributed by atoms with Crippen LogP contribution in [0, 0.1) is 0 Å². The fourth-order valence-electron chi connectivity index (χ4n) is 3.45. The molecule has 1 fully saturated rings. The second kappa shape index (κ2) is 7.32. The van der Waals surface area contributed by atoms with Crippen molar-refractivity contribution >= 4 is 22.4 Å². The topological polar surface area (TPSA) is 68.5 Å². The highest BCUT2D eigenvalue weighted by atomic mass is 32.1. The average Bonchev–Trinajstić information content (AvgIpc) is 3.16. The van der Waals surface area contributed by atoms with E-state index >= 15 is 0 Å². The van der Waals surface area contributed by atoms with Gasteiger partial charge in [0.05, 0.1) is 6.61 Å². The zero-order valence-electron chi connectivity index (χ0n) is 13.9. The maximum atomic E-state index is 12.9. The van der Waals surface area contributed by atoms with Gasteiger partial charge in [-0.1, -0.05) is 30.3 Å². The summed E-state index contributed by atoms with van der Waals surface area (Å²) in [6.45, 7) is 3.82. The van der Waals surface area contributed by atoms with E-state index in [2.05, 4.69) is 22.0 Å². The SMILES string of the molecule is CCOC(=O)C1(Cc2ccccc2)CCCN1Cc1cnc(N)s1. The third kappa shape index (κ3) is 3.44. The second-order valence-electron chi connectivity index (χ2n) is 6.10. The molecule has 1 aromatic carbocycles. The Kier molecular flexibility index (Phi) is 5.16. The standard InChI is InChI=1S/C18H23N3O2S/c1-2-23-16(22)18(11-14-7-4-3-5-8-14)9-6-10-21(18)13-15-12-20-17(19)24-15/h3-5,7-8,12H,2,6,9-11,13H2,1H3,(H2,19,20). The summed E-state index contributed by atoms with van der Waals surface area (Å²) in [7, 11) is 0. The Morgan fingerprint density at radius 1 is 1.42 bits per heavy atom. The maximum Gasteiger partial charge on any atom is 0.326 e. The summed E-state index contributed by atoms with van der Waals surface area (Å²) in [5, 5.41) is 0.564. The highest BCUT2D eigenvalue weighted by molar-refractivity contribution is 7.15. The van der Waals surface area contributed by atoms with Crippen molar-refractivity contribution < 1.29 is 9.53 Å². The smallest absolute Gasteiger partial charge is 0.326 e. The first-order chi connectivity index (χ1) is 11.6. The van der Waals surface area contributed by atoms with Crippen LogP contribution in [0.4, 0.5) is 5.13 Å². The lowest BCUT2D eigenvalue weighted by atomic mass is 9.88. The number of carbonyl (C=O) groups excluding carboxylic acids is 1. The van der Waals surface area contributed by atoms with Gasteiger partial charge in [-0.15, -0.1) is 11.3 Å². The van der Waals surface area contributed by atoms with Gasteiger partial charge >= 0.3 is 5.97 Å². The highest BCUT2D eigenvalue weighted by Gasteiger charge is 2.48. The Balaban J connectivity index is 1.88. The van der Waals surface area contributed by atoms with Gasteiger partial charge in [-0.2, -0.15) is 0 Å². The van der Waals surface area contributed by atoms with Crippen LogP contribution >= 0.6 is 11.3 Å². The number of rotatable bonds is 6. The monoisotopic (exact) mass is 345 g/mol. The first-order valence-corrected chi connectivity index (χ1v) is 9.12. The fraction of sp³-hybridized carbons (Fsp3) is 0.444. The van der Waals surface area contributed by atoms with Gasteiger partial charge in [-0.3, -0.25) is 9.69 Å². The minimum atomic E-state index is -0.601. The van der Waals surface area contributed by atoms with Crippen molar-refractivity contribution in [2.45, 2.75) is 38.3 Å². The maximum absolute atomic E-state index is 12.9. The molecule has 1 aromatic heterocycles. The van der Waals surface area contributed by atoms with Gasteiger partial charge in [-0.25, -0.2) is 4.98 Å². The number of esters is 1. The molecule has 0 radical (unpaired) electrons. The van der Waals surface area contributed by atoms with Crippen LogP contribution < -0.4 is 5.73 Å². The van der Waals surface area contributed by atoms with Crippen molar-refractivity contribution in [1.82, 2.24) is 9.88 Å². The number of carbonyl (C=O) groups is 1. The van der Waals surface area contributed by atoms with Gasteiger partial charge in [0.1, 0.15) is 5.54 Å². The van der Waals surface area contributed by atoms with Crippen molar-refractivity contribution in [1.29, 1.82) is 0 Å². The molecule has 2 N–H and O–H groups in total. The predicted octanol–water partition coefficient (Wildman–Crippen LogP) is 2.87. The zero-order chi connectivity index (χ0) is 17.0. The quantitative estimate of drug-likeness (QED) is 0.815. The Hall–Kier alpha value is -1.92. The minimum absolute atomic E-state index is 0.121. The number of thiazole rings is 1. The molecule has 128 valence electrons. The first kappa shape index (κ1) is 16.9. The van der Waals surface area contributed by atoms with E-state index in [0.29, 0.717) is 24.7 Å². The number of nitrogen functional groups attached to an aromatic ring is 1. The molecule has 0 spiro atoms. The molecule has 1 saturated heterocycles. The summed E-state index contributed by atoms with van der Waals surface area (Å²) in [4.78, 5) is 20.3. The summed E-state index contributed by atoms with van der Waals surface area (Å²) >= 11 is 1.48. The van der Waals surface area contributed by atoms with Crippen molar-refractivity contribution in [2.24, 2.45) is 0 Å². The van der Waals surface area contributed by atoms with Crippen molar-refractivity contribution in [3.05, 3.63) is 47.0 Å². The Morgan fingerprint density at radius 2 is 2.21 bits per heavy atom. The van der Waals surface area contributed by atoms with Crippen LogP contribution in [0.15, 0.2) is 36.5 Å². The van der Waals surface area contributed by atoms with E-state index in [9.17, 15) is 4.79 Å². The van der Waals surface area contributed by atoms with E-state index in [4.69, 9.17) is 10.5 Å². The van der Waals surface area contributed by atoms with Crippen LogP contribution in [-0.4, -0.2) is 34.5 Å². The van der Waals surface area contributed by atoms with Gasteiger partial charge < -0.3 is 10.5 Å². The minimum Gasteiger partial charge on any atom is -0.465 e. The summed E-state index contributed by atoms with van der Waals surface area (Å²) in [6, 6.07) is 10.2. The number of hydrogen-bond donors (Lipinski definition) is 1. The number of aromatic nitrogens is 1. The first-order valence-electron chi connectivity index (χ1n) is 8.30. The van der Waals surface area contributed by atoms with Crippen LogP contribution in [0.2, 0.25) is 0 Å². The number of hydrogen-bond acceptors (Lipinski definition) is 6. The molecular weight excluding hydrogens is 322 g/mol. The molecule has 0 bridgehead atoms. The third-order valence-corrected chi connectivity index (χ3v) is 5.35. The van der Waals surface area contributed by atoms with E-state index in [0.717, 1.165) is 29.8 Å². The van der Waals surface area contributed by atoms with E-state index in [-0.39, 0.29) is 5.97 Å². The molecule has 24 heavy (non-hydrogen) atoms. The second-order valence-corrected chi connectivity index (χ2v) is 7.25. The molecule has 1 aliphatic rings. The number of nitrogens with two attached hydrogens (primary N) is 1.